The number of nitrogens with one attached hydrogen (secondary N) is 1. The van der Waals surface area contributed by atoms with E-state index in [1.54, 1.807) is 35.2 Å². The molecule has 0 unspecified atom stereocenters. The molecule has 3 aromatic rings. The van der Waals surface area contributed by atoms with Crippen LogP contribution < -0.4 is 10.1 Å². The molecule has 0 aliphatic heterocycles. The highest BCUT2D eigenvalue weighted by atomic mass is 35.5. The van der Waals surface area contributed by atoms with Crippen LogP contribution in [0.1, 0.15) is 31.4 Å². The second kappa shape index (κ2) is 13.2. The lowest BCUT2D eigenvalue weighted by molar-refractivity contribution is -0.143. The second-order valence-electron chi connectivity index (χ2n) is 8.38. The van der Waals surface area contributed by atoms with Crippen molar-refractivity contribution in [1.82, 2.24) is 10.2 Å². The molecule has 35 heavy (non-hydrogen) atoms. The van der Waals surface area contributed by atoms with Crippen molar-refractivity contribution in [2.45, 2.75) is 45.3 Å². The number of amides is 2. The van der Waals surface area contributed by atoms with Crippen molar-refractivity contribution in [3.05, 3.63) is 100 Å². The first-order chi connectivity index (χ1) is 16.9. The van der Waals surface area contributed by atoms with Crippen LogP contribution in [0.5, 0.6) is 5.75 Å². The molecule has 2 amide bonds. The second-order valence-corrected chi connectivity index (χ2v) is 9.22. The van der Waals surface area contributed by atoms with Gasteiger partial charge in [-0.25, -0.2) is 0 Å². The van der Waals surface area contributed by atoms with E-state index in [4.69, 9.17) is 27.9 Å². The Kier molecular flexibility index (Phi) is 10.0. The summed E-state index contributed by atoms with van der Waals surface area (Å²) >= 11 is 12.4. The number of nitrogens with zero attached hydrogens (tertiary/aromatic N) is 1. The summed E-state index contributed by atoms with van der Waals surface area (Å²) < 4.78 is 5.74. The van der Waals surface area contributed by atoms with Gasteiger partial charge in [0.1, 0.15) is 11.8 Å². The quantitative estimate of drug-likeness (QED) is 0.346. The third-order valence-electron chi connectivity index (χ3n) is 5.75. The third kappa shape index (κ3) is 8.01. The Labute approximate surface area is 217 Å². The summed E-state index contributed by atoms with van der Waals surface area (Å²) in [5, 5.41) is 4.15. The Hall–Kier alpha value is -3.02. The van der Waals surface area contributed by atoms with Gasteiger partial charge in [-0.15, -0.1) is 0 Å². The van der Waals surface area contributed by atoms with Crippen LogP contribution in [0.25, 0.3) is 0 Å². The largest absolute Gasteiger partial charge is 0.484 e. The third-order valence-corrected chi connectivity index (χ3v) is 6.37. The molecule has 3 rings (SSSR count). The Balaban J connectivity index is 1.91. The zero-order valence-corrected chi connectivity index (χ0v) is 21.4. The molecule has 0 aromatic heterocycles. The maximum absolute atomic E-state index is 13.5. The lowest BCUT2D eigenvalue weighted by Gasteiger charge is -2.32. The van der Waals surface area contributed by atoms with Gasteiger partial charge in [-0.05, 0) is 54.8 Å². The van der Waals surface area contributed by atoms with Gasteiger partial charge in [-0.1, -0.05) is 78.7 Å². The fourth-order valence-electron chi connectivity index (χ4n) is 3.56. The summed E-state index contributed by atoms with van der Waals surface area (Å²) in [5.41, 5.74) is 1.70. The molecule has 0 fully saturated rings. The van der Waals surface area contributed by atoms with E-state index in [0.29, 0.717) is 22.2 Å². The Morgan fingerprint density at radius 2 is 1.60 bits per heavy atom. The molecule has 0 saturated carbocycles. The number of carbonyl (C=O) groups excluding carboxylic acids is 2. The summed E-state index contributed by atoms with van der Waals surface area (Å²) in [6, 6.07) is 23.0. The predicted molar refractivity (Wildman–Crippen MR) is 141 cm³/mol. The van der Waals surface area contributed by atoms with E-state index in [9.17, 15) is 9.59 Å². The molecular weight excluding hydrogens is 483 g/mol. The SMILES string of the molecule is CC[C@H](C)NC(=O)[C@@H](Cc1ccccc1)N(Cc1ccccc1Cl)C(=O)COc1ccc(Cl)cc1. The average Bonchev–Trinajstić information content (AvgIpc) is 2.87. The summed E-state index contributed by atoms with van der Waals surface area (Å²) in [7, 11) is 0. The molecule has 0 heterocycles. The normalized spacial score (nSPS) is 12.5. The van der Waals surface area contributed by atoms with Gasteiger partial charge in [0.25, 0.3) is 5.91 Å². The van der Waals surface area contributed by atoms with Crippen molar-refractivity contribution >= 4 is 35.0 Å². The fraction of sp³-hybridized carbons (Fsp3) is 0.286. The average molecular weight is 513 g/mol. The van der Waals surface area contributed by atoms with Gasteiger partial charge in [0.15, 0.2) is 6.61 Å². The van der Waals surface area contributed by atoms with E-state index in [1.807, 2.05) is 62.4 Å². The molecular formula is C28H30Cl2N2O3. The highest BCUT2D eigenvalue weighted by Crippen LogP contribution is 2.21. The Morgan fingerprint density at radius 3 is 2.26 bits per heavy atom. The van der Waals surface area contributed by atoms with E-state index in [1.165, 1.54) is 0 Å². The van der Waals surface area contributed by atoms with Crippen LogP contribution in [0.4, 0.5) is 0 Å². The lowest BCUT2D eigenvalue weighted by Crippen LogP contribution is -2.53. The first-order valence-corrected chi connectivity index (χ1v) is 12.4. The molecule has 2 atom stereocenters. The minimum absolute atomic E-state index is 0.0247. The Morgan fingerprint density at radius 1 is 0.943 bits per heavy atom. The van der Waals surface area contributed by atoms with Gasteiger partial charge < -0.3 is 15.0 Å². The van der Waals surface area contributed by atoms with E-state index in [2.05, 4.69) is 5.32 Å². The number of carbonyl (C=O) groups is 2. The van der Waals surface area contributed by atoms with Crippen molar-refractivity contribution in [1.29, 1.82) is 0 Å². The molecule has 1 N–H and O–H groups in total. The predicted octanol–water partition coefficient (Wildman–Crippen LogP) is 5.93. The van der Waals surface area contributed by atoms with Crippen LogP contribution >= 0.6 is 23.2 Å². The van der Waals surface area contributed by atoms with Crippen molar-refractivity contribution < 1.29 is 14.3 Å². The smallest absolute Gasteiger partial charge is 0.261 e. The number of hydrogen-bond acceptors (Lipinski definition) is 3. The van der Waals surface area contributed by atoms with Crippen molar-refractivity contribution in [3.8, 4) is 5.75 Å². The zero-order valence-electron chi connectivity index (χ0n) is 19.9. The van der Waals surface area contributed by atoms with Gasteiger partial charge in [0, 0.05) is 29.1 Å². The van der Waals surface area contributed by atoms with Crippen LogP contribution in [0.3, 0.4) is 0 Å². The zero-order chi connectivity index (χ0) is 25.2. The van der Waals surface area contributed by atoms with Crippen molar-refractivity contribution in [2.75, 3.05) is 6.61 Å². The van der Waals surface area contributed by atoms with E-state index < -0.39 is 6.04 Å². The van der Waals surface area contributed by atoms with Crippen LogP contribution in [0.2, 0.25) is 10.0 Å². The highest BCUT2D eigenvalue weighted by Gasteiger charge is 2.31. The molecule has 5 nitrogen and oxygen atoms in total. The van der Waals surface area contributed by atoms with Gasteiger partial charge in [0.2, 0.25) is 5.91 Å². The minimum Gasteiger partial charge on any atom is -0.484 e. The summed E-state index contributed by atoms with van der Waals surface area (Å²) in [4.78, 5) is 28.6. The van der Waals surface area contributed by atoms with Gasteiger partial charge in [-0.3, -0.25) is 9.59 Å². The molecule has 0 bridgehead atoms. The van der Waals surface area contributed by atoms with Gasteiger partial charge in [0.05, 0.1) is 0 Å². The van der Waals surface area contributed by atoms with Crippen LogP contribution in [-0.4, -0.2) is 35.4 Å². The van der Waals surface area contributed by atoms with E-state index in [-0.39, 0.29) is 31.0 Å². The topological polar surface area (TPSA) is 58.6 Å². The molecule has 184 valence electrons. The monoisotopic (exact) mass is 512 g/mol. The summed E-state index contributed by atoms with van der Waals surface area (Å²) in [6.07, 6.45) is 1.14. The number of hydrogen-bond donors (Lipinski definition) is 1. The molecule has 0 radical (unpaired) electrons. The van der Waals surface area contributed by atoms with E-state index in [0.717, 1.165) is 17.5 Å². The van der Waals surface area contributed by atoms with Crippen LogP contribution in [-0.2, 0) is 22.6 Å². The summed E-state index contributed by atoms with van der Waals surface area (Å²) in [6.45, 7) is 3.90. The van der Waals surface area contributed by atoms with Gasteiger partial charge in [-0.2, -0.15) is 0 Å². The Bertz CT molecular complexity index is 1110. The molecule has 0 spiro atoms. The molecule has 7 heteroatoms. The first-order valence-electron chi connectivity index (χ1n) is 11.6. The highest BCUT2D eigenvalue weighted by molar-refractivity contribution is 6.31. The number of benzene rings is 3. The standard InChI is InChI=1S/C28H30Cl2N2O3/c1-3-20(2)31-28(34)26(17-21-9-5-4-6-10-21)32(18-22-11-7-8-12-25(22)30)27(33)19-35-24-15-13-23(29)14-16-24/h4-16,20,26H,3,17-19H2,1-2H3,(H,31,34)/t20-,26+/m0/s1. The number of ether oxygens (including phenoxy) is 1. The maximum atomic E-state index is 13.5. The molecule has 3 aromatic carbocycles. The molecule has 0 aliphatic carbocycles. The molecule has 0 saturated heterocycles. The van der Waals surface area contributed by atoms with Crippen LogP contribution in [0, 0.1) is 0 Å². The number of rotatable bonds is 11. The summed E-state index contributed by atoms with van der Waals surface area (Å²) in [5.74, 6) is -0.0145. The maximum Gasteiger partial charge on any atom is 0.261 e. The molecule has 0 aliphatic rings. The first kappa shape index (κ1) is 26.6. The van der Waals surface area contributed by atoms with Crippen molar-refractivity contribution in [3.63, 3.8) is 0 Å². The van der Waals surface area contributed by atoms with Crippen molar-refractivity contribution in [2.24, 2.45) is 0 Å². The lowest BCUT2D eigenvalue weighted by atomic mass is 10.0. The number of halogens is 2. The van der Waals surface area contributed by atoms with Crippen LogP contribution in [0.15, 0.2) is 78.9 Å². The minimum atomic E-state index is -0.746. The fourth-order valence-corrected chi connectivity index (χ4v) is 3.89. The van der Waals surface area contributed by atoms with E-state index >= 15 is 0 Å². The van der Waals surface area contributed by atoms with Gasteiger partial charge >= 0.3 is 0 Å².